The molecule has 0 aromatic heterocycles. The van der Waals surface area contributed by atoms with Crippen molar-refractivity contribution in [1.82, 2.24) is 0 Å². The third-order valence-electron chi connectivity index (χ3n) is 2.10. The van der Waals surface area contributed by atoms with Gasteiger partial charge in [-0.25, -0.2) is 0 Å². The molecule has 0 aliphatic rings. The van der Waals surface area contributed by atoms with Gasteiger partial charge in [0.15, 0.2) is 0 Å². The van der Waals surface area contributed by atoms with Crippen molar-refractivity contribution >= 4 is 21.4 Å². The van der Waals surface area contributed by atoms with Gasteiger partial charge in [-0.3, -0.25) is 0 Å². The van der Waals surface area contributed by atoms with E-state index in [2.05, 4.69) is 32.4 Å². The summed E-state index contributed by atoms with van der Waals surface area (Å²) in [5.41, 5.74) is 0. The Balaban J connectivity index is 3.46. The third-order valence-corrected chi connectivity index (χ3v) is 14.1. The van der Waals surface area contributed by atoms with E-state index in [4.69, 9.17) is 0 Å². The van der Waals surface area contributed by atoms with Crippen LogP contribution in [0.2, 0.25) is 12.0 Å². The van der Waals surface area contributed by atoms with E-state index in [0.717, 1.165) is 7.35 Å². The molecule has 0 aliphatic heterocycles. The van der Waals surface area contributed by atoms with Gasteiger partial charge in [0, 0.05) is 0 Å². The predicted molar refractivity (Wildman–Crippen MR) is 41.8 cm³/mol. The minimum atomic E-state index is -0.973. The van der Waals surface area contributed by atoms with Gasteiger partial charge in [-0.15, -0.1) is 0 Å². The zero-order valence-electron chi connectivity index (χ0n) is 6.73. The topological polar surface area (TPSA) is 0 Å². The molecular formula is C7H17In. The Kier molecular flexibility index (Phi) is 4.23. The molecule has 0 saturated heterocycles. The van der Waals surface area contributed by atoms with Crippen molar-refractivity contribution < 1.29 is 0 Å². The van der Waals surface area contributed by atoms with E-state index < -0.39 is 21.4 Å². The maximum absolute atomic E-state index is 2.52. The molecule has 0 unspecified atom stereocenters. The summed E-state index contributed by atoms with van der Waals surface area (Å²) in [4.78, 5) is 0. The fraction of sp³-hybridized carbons (Fsp3) is 1.00. The van der Waals surface area contributed by atoms with Crippen LogP contribution in [0.25, 0.3) is 0 Å². The number of rotatable bonds is 2. The number of hydrogen-bond acceptors (Lipinski definition) is 0. The molecule has 0 heterocycles. The SMILES string of the molecule is C[CH](C)[In]([CH3])[CH](C)C. The molecule has 8 heavy (non-hydrogen) atoms. The second kappa shape index (κ2) is 3.81. The van der Waals surface area contributed by atoms with Crippen molar-refractivity contribution in [1.29, 1.82) is 0 Å². The molecule has 48 valence electrons. The molecule has 0 N–H and O–H groups in total. The Morgan fingerprint density at radius 1 is 0.875 bits per heavy atom. The minimum absolute atomic E-state index is 0.973. The second-order valence-electron chi connectivity index (χ2n) is 3.35. The summed E-state index contributed by atoms with van der Waals surface area (Å²) in [6.45, 7) is 9.50. The van der Waals surface area contributed by atoms with E-state index in [9.17, 15) is 0 Å². The maximum atomic E-state index is 2.52. The standard InChI is InChI=1S/2C3H7.CH3.In/c2*1-3-2;;/h2*3H,1-2H3;1H3;. The monoisotopic (exact) mass is 216 g/mol. The Morgan fingerprint density at radius 3 is 1.12 bits per heavy atom. The van der Waals surface area contributed by atoms with Crippen LogP contribution in [0.15, 0.2) is 0 Å². The Morgan fingerprint density at radius 2 is 1.12 bits per heavy atom. The van der Waals surface area contributed by atoms with Gasteiger partial charge >= 0.3 is 61.2 Å². The average Bonchev–Trinajstić information content (AvgIpc) is 1.64. The summed E-state index contributed by atoms with van der Waals surface area (Å²) in [6.07, 6.45) is 0. The molecule has 0 nitrogen and oxygen atoms in total. The van der Waals surface area contributed by atoms with E-state index in [1.807, 2.05) is 0 Å². The van der Waals surface area contributed by atoms with Gasteiger partial charge in [0.2, 0.25) is 0 Å². The zero-order chi connectivity index (χ0) is 6.73. The molecule has 1 heteroatoms. The third kappa shape index (κ3) is 3.01. The number of hydrogen-bond donors (Lipinski definition) is 0. The van der Waals surface area contributed by atoms with Crippen LogP contribution in [0.4, 0.5) is 0 Å². The molecule has 0 bridgehead atoms. The van der Waals surface area contributed by atoms with Crippen LogP contribution in [0.5, 0.6) is 0 Å². The fourth-order valence-electron chi connectivity index (χ4n) is 0.770. The first-order chi connectivity index (χ1) is 3.55. The first kappa shape index (κ1) is 8.87. The van der Waals surface area contributed by atoms with Gasteiger partial charge in [-0.2, -0.15) is 0 Å². The zero-order valence-corrected chi connectivity index (χ0v) is 10.0. The van der Waals surface area contributed by atoms with Crippen LogP contribution in [0.3, 0.4) is 0 Å². The molecule has 0 spiro atoms. The van der Waals surface area contributed by atoms with Gasteiger partial charge in [0.25, 0.3) is 0 Å². The van der Waals surface area contributed by atoms with E-state index in [1.54, 1.807) is 0 Å². The van der Waals surface area contributed by atoms with Gasteiger partial charge in [0.05, 0.1) is 0 Å². The molecular weight excluding hydrogens is 199 g/mol. The summed E-state index contributed by atoms with van der Waals surface area (Å²) in [7, 11) is 0. The van der Waals surface area contributed by atoms with E-state index in [0.29, 0.717) is 0 Å². The summed E-state index contributed by atoms with van der Waals surface area (Å²) < 4.78 is 4.63. The first-order valence-electron chi connectivity index (χ1n) is 3.55. The summed E-state index contributed by atoms with van der Waals surface area (Å²) in [5, 5.41) is 0. The molecule has 0 radical (unpaired) electrons. The normalized spacial score (nSPS) is 10.9. The Bertz CT molecular complexity index is 49.4. The second-order valence-corrected chi connectivity index (χ2v) is 15.9. The Labute approximate surface area is 61.2 Å². The van der Waals surface area contributed by atoms with Crippen LogP contribution in [-0.2, 0) is 0 Å². The molecule has 0 atom stereocenters. The van der Waals surface area contributed by atoms with Gasteiger partial charge in [-0.05, 0) is 0 Å². The van der Waals surface area contributed by atoms with Crippen molar-refractivity contribution in [3.05, 3.63) is 0 Å². The quantitative estimate of drug-likeness (QED) is 0.665. The van der Waals surface area contributed by atoms with E-state index in [-0.39, 0.29) is 0 Å². The van der Waals surface area contributed by atoms with Crippen LogP contribution < -0.4 is 0 Å². The van der Waals surface area contributed by atoms with Gasteiger partial charge in [0.1, 0.15) is 0 Å². The van der Waals surface area contributed by atoms with Crippen LogP contribution in [0, 0.1) is 0 Å². The summed E-state index contributed by atoms with van der Waals surface area (Å²) in [6, 6.07) is 0. The molecule has 0 aromatic carbocycles. The van der Waals surface area contributed by atoms with Crippen molar-refractivity contribution in [2.45, 2.75) is 39.7 Å². The summed E-state index contributed by atoms with van der Waals surface area (Å²) >= 11 is -0.973. The van der Waals surface area contributed by atoms with Gasteiger partial charge < -0.3 is 0 Å². The molecule has 0 rings (SSSR count). The van der Waals surface area contributed by atoms with Crippen molar-refractivity contribution in [3.63, 3.8) is 0 Å². The van der Waals surface area contributed by atoms with Crippen LogP contribution >= 0.6 is 0 Å². The molecule has 0 fully saturated rings. The van der Waals surface area contributed by atoms with E-state index >= 15 is 0 Å². The summed E-state index contributed by atoms with van der Waals surface area (Å²) in [5.74, 6) is 0. The molecule has 0 saturated carbocycles. The predicted octanol–water partition coefficient (Wildman–Crippen LogP) is 2.93. The van der Waals surface area contributed by atoms with Crippen LogP contribution in [-0.4, -0.2) is 21.4 Å². The Hall–Kier alpha value is 0.870. The fourth-order valence-corrected chi connectivity index (χ4v) is 5.16. The average molecular weight is 216 g/mol. The molecule has 0 amide bonds. The molecule has 0 aliphatic carbocycles. The van der Waals surface area contributed by atoms with Crippen molar-refractivity contribution in [3.8, 4) is 0 Å². The van der Waals surface area contributed by atoms with Crippen molar-refractivity contribution in [2.75, 3.05) is 0 Å². The van der Waals surface area contributed by atoms with Crippen LogP contribution in [0.1, 0.15) is 27.7 Å². The first-order valence-corrected chi connectivity index (χ1v) is 10.7. The molecule has 0 aromatic rings. The van der Waals surface area contributed by atoms with Gasteiger partial charge in [-0.1, -0.05) is 0 Å². The van der Waals surface area contributed by atoms with Crippen molar-refractivity contribution in [2.24, 2.45) is 0 Å². The van der Waals surface area contributed by atoms with E-state index in [1.165, 1.54) is 0 Å².